The second-order valence-electron chi connectivity index (χ2n) is 4.95. The lowest BCUT2D eigenvalue weighted by Crippen LogP contribution is -1.95. The molecule has 3 aromatic carbocycles. The first kappa shape index (κ1) is 15.0. The van der Waals surface area contributed by atoms with Gasteiger partial charge in [0.1, 0.15) is 0 Å². The van der Waals surface area contributed by atoms with E-state index in [0.29, 0.717) is 0 Å². The molecule has 0 saturated carbocycles. The van der Waals surface area contributed by atoms with Gasteiger partial charge in [0, 0.05) is 12.7 Å². The number of rotatable bonds is 2. The van der Waals surface area contributed by atoms with Crippen LogP contribution in [0.4, 0.5) is 0 Å². The number of hydrogen-bond acceptors (Lipinski definition) is 0. The molecule has 0 amide bonds. The molecule has 0 aliphatic heterocycles. The first-order valence-corrected chi connectivity index (χ1v) is 8.93. The Morgan fingerprint density at radius 1 is 0.714 bits per heavy atom. The first-order valence-electron chi connectivity index (χ1n) is 6.78. The van der Waals surface area contributed by atoms with Crippen molar-refractivity contribution in [1.29, 1.82) is 0 Å². The molecule has 0 unspecified atom stereocenters. The van der Waals surface area contributed by atoms with E-state index >= 15 is 0 Å². The number of benzene rings is 3. The van der Waals surface area contributed by atoms with Crippen LogP contribution in [0.3, 0.4) is 0 Å². The predicted octanol–water partition coefficient (Wildman–Crippen LogP) is 6.54. The molecule has 2 heteroatoms. The highest BCUT2D eigenvalue weighted by atomic mass is 127. The van der Waals surface area contributed by atoms with E-state index < -0.39 is 0 Å². The van der Waals surface area contributed by atoms with Gasteiger partial charge >= 0.3 is 0 Å². The van der Waals surface area contributed by atoms with Crippen molar-refractivity contribution in [3.8, 4) is 22.3 Å². The molecule has 104 valence electrons. The molecule has 3 aromatic rings. The second-order valence-corrected chi connectivity index (χ2v) is 7.19. The fraction of sp³-hybridized carbons (Fsp3) is 0.0526. The fourth-order valence-corrected chi connectivity index (χ4v) is 4.81. The Morgan fingerprint density at radius 2 is 1.24 bits per heavy atom. The van der Waals surface area contributed by atoms with Crippen LogP contribution in [0.2, 0.25) is 0 Å². The van der Waals surface area contributed by atoms with Gasteiger partial charge in [-0.05, 0) is 80.4 Å². The molecule has 0 bridgehead atoms. The summed E-state index contributed by atoms with van der Waals surface area (Å²) in [5, 5.41) is 0. The zero-order valence-electron chi connectivity index (χ0n) is 11.6. The minimum Gasteiger partial charge on any atom is -0.0622 e. The van der Waals surface area contributed by atoms with Crippen LogP contribution < -0.4 is 0 Å². The van der Waals surface area contributed by atoms with E-state index in [1.165, 1.54) is 35.0 Å². The molecule has 0 aliphatic rings. The molecule has 0 N–H and O–H groups in total. The van der Waals surface area contributed by atoms with Gasteiger partial charge in [-0.2, -0.15) is 0 Å². The van der Waals surface area contributed by atoms with E-state index in [-0.39, 0.29) is 0 Å². The third-order valence-corrected chi connectivity index (χ3v) is 5.81. The van der Waals surface area contributed by atoms with E-state index in [9.17, 15) is 0 Å². The van der Waals surface area contributed by atoms with Gasteiger partial charge in [0.05, 0.1) is 0 Å². The van der Waals surface area contributed by atoms with Gasteiger partial charge in [-0.3, -0.25) is 0 Å². The Morgan fingerprint density at radius 3 is 1.81 bits per heavy atom. The average Bonchev–Trinajstić information content (AvgIpc) is 2.53. The molecule has 0 aliphatic carbocycles. The SMILES string of the molecule is Cc1c(-c2ccccc2)cc(I)c(-c2ccccc2)c1I. The van der Waals surface area contributed by atoms with Crippen LogP contribution in [0.15, 0.2) is 66.7 Å². The van der Waals surface area contributed by atoms with Gasteiger partial charge in [0.25, 0.3) is 0 Å². The third kappa shape index (κ3) is 3.01. The highest BCUT2D eigenvalue weighted by molar-refractivity contribution is 14.1. The lowest BCUT2D eigenvalue weighted by molar-refractivity contribution is 1.40. The van der Waals surface area contributed by atoms with Crippen LogP contribution in [0.25, 0.3) is 22.3 Å². The first-order chi connectivity index (χ1) is 10.2. The highest BCUT2D eigenvalue weighted by Gasteiger charge is 2.14. The standard InChI is InChI=1S/C19H14I2/c1-13-16(14-8-4-2-5-9-14)12-17(20)18(19(13)21)15-10-6-3-7-11-15/h2-12H,1H3. The summed E-state index contributed by atoms with van der Waals surface area (Å²) in [6.07, 6.45) is 0. The summed E-state index contributed by atoms with van der Waals surface area (Å²) in [5.74, 6) is 0. The zero-order chi connectivity index (χ0) is 14.8. The molecule has 0 spiro atoms. The third-order valence-electron chi connectivity index (χ3n) is 3.61. The van der Waals surface area contributed by atoms with Crippen molar-refractivity contribution < 1.29 is 0 Å². The van der Waals surface area contributed by atoms with Crippen LogP contribution in [-0.4, -0.2) is 0 Å². The smallest absolute Gasteiger partial charge is 0.0254 e. The van der Waals surface area contributed by atoms with Crippen molar-refractivity contribution in [2.24, 2.45) is 0 Å². The molecule has 0 saturated heterocycles. The summed E-state index contributed by atoms with van der Waals surface area (Å²) in [6, 6.07) is 23.5. The monoisotopic (exact) mass is 496 g/mol. The molecule has 0 radical (unpaired) electrons. The summed E-state index contributed by atoms with van der Waals surface area (Å²) >= 11 is 4.94. The van der Waals surface area contributed by atoms with Gasteiger partial charge < -0.3 is 0 Å². The van der Waals surface area contributed by atoms with Gasteiger partial charge in [-0.15, -0.1) is 0 Å². The zero-order valence-corrected chi connectivity index (χ0v) is 15.9. The van der Waals surface area contributed by atoms with Crippen molar-refractivity contribution in [2.75, 3.05) is 0 Å². The maximum atomic E-state index is 2.48. The van der Waals surface area contributed by atoms with Crippen LogP contribution in [0.5, 0.6) is 0 Å². The van der Waals surface area contributed by atoms with Gasteiger partial charge in [-0.1, -0.05) is 60.7 Å². The molecule has 0 fully saturated rings. The van der Waals surface area contributed by atoms with E-state index in [4.69, 9.17) is 0 Å². The summed E-state index contributed by atoms with van der Waals surface area (Å²) in [6.45, 7) is 2.21. The fourth-order valence-electron chi connectivity index (χ4n) is 2.50. The number of halogens is 2. The van der Waals surface area contributed by atoms with Crippen molar-refractivity contribution >= 4 is 45.2 Å². The molecule has 0 aromatic heterocycles. The minimum atomic E-state index is 1.28. The normalized spacial score (nSPS) is 10.6. The molecular formula is C19H14I2. The molecule has 21 heavy (non-hydrogen) atoms. The Balaban J connectivity index is 2.22. The van der Waals surface area contributed by atoms with E-state index in [1.54, 1.807) is 0 Å². The predicted molar refractivity (Wildman–Crippen MR) is 107 cm³/mol. The Hall–Kier alpha value is -0.880. The van der Waals surface area contributed by atoms with E-state index in [2.05, 4.69) is 119 Å². The quantitative estimate of drug-likeness (QED) is 0.354. The van der Waals surface area contributed by atoms with E-state index in [1.807, 2.05) is 0 Å². The highest BCUT2D eigenvalue weighted by Crippen LogP contribution is 2.37. The Kier molecular flexibility index (Phi) is 4.64. The van der Waals surface area contributed by atoms with Gasteiger partial charge in [0.15, 0.2) is 0 Å². The van der Waals surface area contributed by atoms with Crippen LogP contribution in [0.1, 0.15) is 5.56 Å². The summed E-state index contributed by atoms with van der Waals surface area (Å²) < 4.78 is 2.64. The molecule has 0 nitrogen and oxygen atoms in total. The Labute approximate surface area is 152 Å². The summed E-state index contributed by atoms with van der Waals surface area (Å²) in [5.41, 5.74) is 6.58. The lowest BCUT2D eigenvalue weighted by atomic mass is 9.96. The maximum Gasteiger partial charge on any atom is 0.0254 e. The number of hydrogen-bond donors (Lipinski definition) is 0. The van der Waals surface area contributed by atoms with Crippen LogP contribution in [0, 0.1) is 14.1 Å². The van der Waals surface area contributed by atoms with Crippen molar-refractivity contribution in [2.45, 2.75) is 6.92 Å². The summed E-state index contributed by atoms with van der Waals surface area (Å²) in [7, 11) is 0. The van der Waals surface area contributed by atoms with Gasteiger partial charge in [-0.25, -0.2) is 0 Å². The molecule has 3 rings (SSSR count). The van der Waals surface area contributed by atoms with Crippen molar-refractivity contribution in [1.82, 2.24) is 0 Å². The lowest BCUT2D eigenvalue weighted by Gasteiger charge is -2.15. The second kappa shape index (κ2) is 6.48. The Bertz CT molecular complexity index is 763. The average molecular weight is 496 g/mol. The van der Waals surface area contributed by atoms with E-state index in [0.717, 1.165) is 0 Å². The minimum absolute atomic E-state index is 1.28. The van der Waals surface area contributed by atoms with Crippen LogP contribution >= 0.6 is 45.2 Å². The van der Waals surface area contributed by atoms with Crippen LogP contribution in [-0.2, 0) is 0 Å². The maximum absolute atomic E-state index is 2.48. The summed E-state index contributed by atoms with van der Waals surface area (Å²) in [4.78, 5) is 0. The van der Waals surface area contributed by atoms with Gasteiger partial charge in [0.2, 0.25) is 0 Å². The van der Waals surface area contributed by atoms with Crippen molar-refractivity contribution in [3.05, 3.63) is 79.4 Å². The molecule has 0 heterocycles. The topological polar surface area (TPSA) is 0 Å². The van der Waals surface area contributed by atoms with Crippen molar-refractivity contribution in [3.63, 3.8) is 0 Å². The largest absolute Gasteiger partial charge is 0.0622 e. The molecular weight excluding hydrogens is 482 g/mol. The molecule has 0 atom stereocenters.